The summed E-state index contributed by atoms with van der Waals surface area (Å²) in [5, 5.41) is 0. The van der Waals surface area contributed by atoms with Crippen molar-refractivity contribution in [1.29, 1.82) is 0 Å². The third-order valence-corrected chi connectivity index (χ3v) is 4.79. The first kappa shape index (κ1) is 20.0. The van der Waals surface area contributed by atoms with Crippen LogP contribution in [0.25, 0.3) is 0 Å². The maximum absolute atomic E-state index is 10.8. The predicted octanol–water partition coefficient (Wildman–Crippen LogP) is 6.47. The average molecular weight is 320 g/mol. The standard InChI is InChI=1S/C21H37NO/c1-3-4-5-6-7-8-9-10-11-12-13-14-15-16-20-17-21(19-23)22(2)18-20/h17-19H,3-16H2,1-2H3. The molecule has 0 saturated carbocycles. The molecule has 0 aromatic carbocycles. The summed E-state index contributed by atoms with van der Waals surface area (Å²) in [6.07, 6.45) is 22.3. The average Bonchev–Trinajstić information content (AvgIpc) is 2.92. The largest absolute Gasteiger partial charge is 0.348 e. The third kappa shape index (κ3) is 9.63. The lowest BCUT2D eigenvalue weighted by atomic mass is 10.0. The fourth-order valence-electron chi connectivity index (χ4n) is 3.25. The molecule has 0 unspecified atom stereocenters. The fourth-order valence-corrected chi connectivity index (χ4v) is 3.25. The van der Waals surface area contributed by atoms with Crippen LogP contribution in [0.4, 0.5) is 0 Å². The van der Waals surface area contributed by atoms with Crippen LogP contribution in [0, 0.1) is 0 Å². The molecule has 0 spiro atoms. The van der Waals surface area contributed by atoms with Crippen molar-refractivity contribution in [2.45, 2.75) is 96.8 Å². The van der Waals surface area contributed by atoms with E-state index in [9.17, 15) is 4.79 Å². The Bertz CT molecular complexity index is 408. The van der Waals surface area contributed by atoms with Gasteiger partial charge in [0.2, 0.25) is 0 Å². The minimum Gasteiger partial charge on any atom is -0.348 e. The molecule has 0 bridgehead atoms. The van der Waals surface area contributed by atoms with Crippen LogP contribution in [0.3, 0.4) is 0 Å². The second-order valence-electron chi connectivity index (χ2n) is 6.99. The second-order valence-corrected chi connectivity index (χ2v) is 6.99. The van der Waals surface area contributed by atoms with Gasteiger partial charge in [0.15, 0.2) is 6.29 Å². The van der Waals surface area contributed by atoms with Gasteiger partial charge in [-0.2, -0.15) is 0 Å². The van der Waals surface area contributed by atoms with E-state index in [2.05, 4.69) is 13.1 Å². The minimum absolute atomic E-state index is 0.787. The summed E-state index contributed by atoms with van der Waals surface area (Å²) in [5.41, 5.74) is 2.09. The van der Waals surface area contributed by atoms with Gasteiger partial charge in [0, 0.05) is 13.2 Å². The first-order chi connectivity index (χ1) is 11.3. The molecule has 132 valence electrons. The fraction of sp³-hybridized carbons (Fsp3) is 0.762. The molecule has 0 atom stereocenters. The SMILES string of the molecule is CCCCCCCCCCCCCCCc1cc(C=O)n(C)c1. The normalized spacial score (nSPS) is 11.0. The van der Waals surface area contributed by atoms with Crippen molar-refractivity contribution in [1.82, 2.24) is 4.57 Å². The number of aldehydes is 1. The van der Waals surface area contributed by atoms with Gasteiger partial charge in [-0.3, -0.25) is 4.79 Å². The van der Waals surface area contributed by atoms with Crippen LogP contribution < -0.4 is 0 Å². The lowest BCUT2D eigenvalue weighted by Crippen LogP contribution is -1.90. The van der Waals surface area contributed by atoms with Crippen molar-refractivity contribution in [3.63, 3.8) is 0 Å². The van der Waals surface area contributed by atoms with Gasteiger partial charge in [0.05, 0.1) is 5.69 Å². The van der Waals surface area contributed by atoms with Crippen LogP contribution in [0.2, 0.25) is 0 Å². The zero-order valence-electron chi connectivity index (χ0n) is 15.5. The molecule has 2 nitrogen and oxygen atoms in total. The second kappa shape index (κ2) is 13.4. The number of carbonyl (C=O) groups is 1. The molecule has 2 heteroatoms. The van der Waals surface area contributed by atoms with Gasteiger partial charge in [-0.1, -0.05) is 84.0 Å². The Balaban J connectivity index is 1.85. The Morgan fingerprint density at radius 2 is 1.30 bits per heavy atom. The molecule has 0 aliphatic carbocycles. The molecule has 0 amide bonds. The molecule has 0 fully saturated rings. The molecule has 0 aliphatic rings. The van der Waals surface area contributed by atoms with E-state index in [1.54, 1.807) is 0 Å². The van der Waals surface area contributed by atoms with E-state index in [0.29, 0.717) is 0 Å². The number of rotatable bonds is 15. The van der Waals surface area contributed by atoms with Crippen LogP contribution in [0.15, 0.2) is 12.3 Å². The van der Waals surface area contributed by atoms with Crippen LogP contribution in [-0.2, 0) is 13.5 Å². The molecule has 23 heavy (non-hydrogen) atoms. The van der Waals surface area contributed by atoms with E-state index >= 15 is 0 Å². The van der Waals surface area contributed by atoms with Crippen LogP contribution in [0.5, 0.6) is 0 Å². The number of hydrogen-bond donors (Lipinski definition) is 0. The van der Waals surface area contributed by atoms with E-state index in [1.165, 1.54) is 89.0 Å². The molecule has 0 aliphatic heterocycles. The number of aromatic nitrogens is 1. The van der Waals surface area contributed by atoms with E-state index in [1.807, 2.05) is 17.7 Å². The highest BCUT2D eigenvalue weighted by molar-refractivity contribution is 5.72. The molecule has 1 rings (SSSR count). The molecule has 1 heterocycles. The van der Waals surface area contributed by atoms with Gasteiger partial charge in [0.25, 0.3) is 0 Å². The summed E-state index contributed by atoms with van der Waals surface area (Å²) in [4.78, 5) is 10.8. The smallest absolute Gasteiger partial charge is 0.166 e. The van der Waals surface area contributed by atoms with Crippen molar-refractivity contribution in [3.05, 3.63) is 23.5 Å². The molecule has 0 saturated heterocycles. The maximum atomic E-state index is 10.8. The zero-order valence-corrected chi connectivity index (χ0v) is 15.5. The number of nitrogens with zero attached hydrogens (tertiary/aromatic N) is 1. The lowest BCUT2D eigenvalue weighted by molar-refractivity contribution is 0.111. The quantitative estimate of drug-likeness (QED) is 0.268. The summed E-state index contributed by atoms with van der Waals surface area (Å²) < 4.78 is 1.92. The zero-order chi connectivity index (χ0) is 16.8. The number of aryl methyl sites for hydroxylation is 2. The summed E-state index contributed by atoms with van der Waals surface area (Å²) in [6.45, 7) is 2.28. The minimum atomic E-state index is 0.787. The Kier molecular flexibility index (Phi) is 11.6. The van der Waals surface area contributed by atoms with Crippen molar-refractivity contribution >= 4 is 6.29 Å². The van der Waals surface area contributed by atoms with Crippen molar-refractivity contribution in [3.8, 4) is 0 Å². The predicted molar refractivity (Wildman–Crippen MR) is 100 cm³/mol. The molecule has 0 radical (unpaired) electrons. The molecular formula is C21H37NO. The highest BCUT2D eigenvalue weighted by atomic mass is 16.1. The van der Waals surface area contributed by atoms with Crippen molar-refractivity contribution in [2.24, 2.45) is 7.05 Å². The summed E-state index contributed by atoms with van der Waals surface area (Å²) in [5.74, 6) is 0. The molecule has 1 aromatic heterocycles. The first-order valence-corrected chi connectivity index (χ1v) is 9.88. The van der Waals surface area contributed by atoms with Crippen molar-refractivity contribution < 1.29 is 4.79 Å². The van der Waals surface area contributed by atoms with E-state index < -0.39 is 0 Å². The Labute approximate surface area is 143 Å². The summed E-state index contributed by atoms with van der Waals surface area (Å²) in [7, 11) is 1.94. The summed E-state index contributed by atoms with van der Waals surface area (Å²) >= 11 is 0. The molecule has 1 aromatic rings. The van der Waals surface area contributed by atoms with Gasteiger partial charge in [-0.25, -0.2) is 0 Å². The van der Waals surface area contributed by atoms with E-state index in [-0.39, 0.29) is 0 Å². The van der Waals surface area contributed by atoms with Gasteiger partial charge in [-0.15, -0.1) is 0 Å². The first-order valence-electron chi connectivity index (χ1n) is 9.88. The van der Waals surface area contributed by atoms with Gasteiger partial charge < -0.3 is 4.57 Å². The monoisotopic (exact) mass is 319 g/mol. The van der Waals surface area contributed by atoms with Crippen LogP contribution in [-0.4, -0.2) is 10.9 Å². The Morgan fingerprint density at radius 1 is 0.826 bits per heavy atom. The lowest BCUT2D eigenvalue weighted by Gasteiger charge is -2.03. The number of carbonyl (C=O) groups excluding carboxylic acids is 1. The topological polar surface area (TPSA) is 22.0 Å². The highest BCUT2D eigenvalue weighted by Crippen LogP contribution is 2.14. The Hall–Kier alpha value is -1.05. The van der Waals surface area contributed by atoms with Crippen LogP contribution in [0.1, 0.15) is 106 Å². The number of unbranched alkanes of at least 4 members (excludes halogenated alkanes) is 12. The highest BCUT2D eigenvalue weighted by Gasteiger charge is 2.01. The number of hydrogen-bond acceptors (Lipinski definition) is 1. The maximum Gasteiger partial charge on any atom is 0.166 e. The van der Waals surface area contributed by atoms with Crippen LogP contribution >= 0.6 is 0 Å². The Morgan fingerprint density at radius 3 is 1.74 bits per heavy atom. The molecule has 0 N–H and O–H groups in total. The van der Waals surface area contributed by atoms with Gasteiger partial charge in [0.1, 0.15) is 0 Å². The van der Waals surface area contributed by atoms with E-state index in [0.717, 1.165) is 18.4 Å². The summed E-state index contributed by atoms with van der Waals surface area (Å²) in [6, 6.07) is 2.02. The molecular weight excluding hydrogens is 282 g/mol. The third-order valence-electron chi connectivity index (χ3n) is 4.79. The van der Waals surface area contributed by atoms with Crippen molar-refractivity contribution in [2.75, 3.05) is 0 Å². The van der Waals surface area contributed by atoms with Gasteiger partial charge >= 0.3 is 0 Å². The van der Waals surface area contributed by atoms with E-state index in [4.69, 9.17) is 0 Å². The van der Waals surface area contributed by atoms with Gasteiger partial charge in [-0.05, 0) is 24.5 Å².